The van der Waals surface area contributed by atoms with Crippen LogP contribution in [0.4, 0.5) is 5.13 Å². The van der Waals surface area contributed by atoms with Crippen LogP contribution in [0.15, 0.2) is 24.3 Å². The minimum absolute atomic E-state index is 0.0709. The third-order valence-corrected chi connectivity index (χ3v) is 3.79. The molecule has 18 heavy (non-hydrogen) atoms. The molecular weight excluding hydrogens is 246 g/mol. The largest absolute Gasteiger partial charge is 0.300 e. The fourth-order valence-electron chi connectivity index (χ4n) is 1.64. The molecule has 3 rings (SSSR count). The number of carbonyl (C=O) groups is 1. The van der Waals surface area contributed by atoms with E-state index in [0.29, 0.717) is 5.13 Å². The second-order valence-corrected chi connectivity index (χ2v) is 5.52. The zero-order valence-electron chi connectivity index (χ0n) is 10.0. The number of nitrogens with one attached hydrogen (secondary N) is 1. The molecule has 0 unspecified atom stereocenters. The standard InChI is InChI=1S/C13H13N3OS/c1-8-2-4-10(5-3-8)12-15-16-13(18-12)14-11(17)9-6-7-9/h2-5,9H,6-7H2,1H3,(H,14,16,17). The summed E-state index contributed by atoms with van der Waals surface area (Å²) in [5, 5.41) is 12.3. The minimum atomic E-state index is 0.0709. The lowest BCUT2D eigenvalue weighted by atomic mass is 10.2. The Morgan fingerprint density at radius 1 is 1.28 bits per heavy atom. The molecule has 0 bridgehead atoms. The van der Waals surface area contributed by atoms with E-state index in [2.05, 4.69) is 15.5 Å². The molecule has 0 atom stereocenters. The lowest BCUT2D eigenvalue weighted by Gasteiger charge is -1.97. The third-order valence-electron chi connectivity index (χ3n) is 2.90. The van der Waals surface area contributed by atoms with Crippen molar-refractivity contribution in [3.8, 4) is 10.6 Å². The smallest absolute Gasteiger partial charge is 0.229 e. The second kappa shape index (κ2) is 4.49. The van der Waals surface area contributed by atoms with E-state index in [9.17, 15) is 4.79 Å². The van der Waals surface area contributed by atoms with Crippen molar-refractivity contribution in [2.75, 3.05) is 5.32 Å². The van der Waals surface area contributed by atoms with Gasteiger partial charge in [-0.1, -0.05) is 41.2 Å². The normalized spacial score (nSPS) is 14.5. The van der Waals surface area contributed by atoms with Crippen molar-refractivity contribution in [1.82, 2.24) is 10.2 Å². The number of benzene rings is 1. The van der Waals surface area contributed by atoms with E-state index in [1.54, 1.807) is 0 Å². The first kappa shape index (κ1) is 11.3. The molecule has 1 N–H and O–H groups in total. The lowest BCUT2D eigenvalue weighted by Crippen LogP contribution is -2.12. The van der Waals surface area contributed by atoms with Crippen molar-refractivity contribution in [2.24, 2.45) is 5.92 Å². The van der Waals surface area contributed by atoms with Crippen molar-refractivity contribution >= 4 is 22.4 Å². The molecule has 1 fully saturated rings. The molecule has 1 aromatic carbocycles. The van der Waals surface area contributed by atoms with Crippen LogP contribution in [-0.2, 0) is 4.79 Å². The number of rotatable bonds is 3. The van der Waals surface area contributed by atoms with Gasteiger partial charge in [-0.2, -0.15) is 0 Å². The number of carbonyl (C=O) groups excluding carboxylic acids is 1. The van der Waals surface area contributed by atoms with Gasteiger partial charge >= 0.3 is 0 Å². The molecule has 5 heteroatoms. The van der Waals surface area contributed by atoms with Gasteiger partial charge in [-0.25, -0.2) is 0 Å². The maximum absolute atomic E-state index is 11.6. The predicted molar refractivity (Wildman–Crippen MR) is 71.4 cm³/mol. The number of amides is 1. The summed E-state index contributed by atoms with van der Waals surface area (Å²) in [5.41, 5.74) is 2.25. The summed E-state index contributed by atoms with van der Waals surface area (Å²) in [4.78, 5) is 11.6. The maximum atomic E-state index is 11.6. The molecule has 1 heterocycles. The number of anilines is 1. The average molecular weight is 259 g/mol. The van der Waals surface area contributed by atoms with Crippen molar-refractivity contribution in [3.05, 3.63) is 29.8 Å². The Kier molecular flexibility index (Phi) is 2.83. The highest BCUT2D eigenvalue weighted by Crippen LogP contribution is 2.32. The zero-order chi connectivity index (χ0) is 12.5. The molecule has 1 amide bonds. The zero-order valence-corrected chi connectivity index (χ0v) is 10.8. The van der Waals surface area contributed by atoms with Crippen molar-refractivity contribution in [1.29, 1.82) is 0 Å². The first-order valence-electron chi connectivity index (χ1n) is 5.94. The Morgan fingerprint density at radius 2 is 2.00 bits per heavy atom. The Bertz CT molecular complexity index is 572. The van der Waals surface area contributed by atoms with E-state index < -0.39 is 0 Å². The van der Waals surface area contributed by atoms with E-state index in [0.717, 1.165) is 23.4 Å². The summed E-state index contributed by atoms with van der Waals surface area (Å²) in [6.45, 7) is 2.05. The SMILES string of the molecule is Cc1ccc(-c2nnc(NC(=O)C3CC3)s2)cc1. The third kappa shape index (κ3) is 2.41. The van der Waals surface area contributed by atoms with Gasteiger partial charge in [0, 0.05) is 11.5 Å². The molecule has 1 saturated carbocycles. The predicted octanol–water partition coefficient (Wildman–Crippen LogP) is 2.86. The van der Waals surface area contributed by atoms with E-state index in [1.165, 1.54) is 16.9 Å². The van der Waals surface area contributed by atoms with E-state index in [4.69, 9.17) is 0 Å². The van der Waals surface area contributed by atoms with Gasteiger partial charge in [0.15, 0.2) is 0 Å². The molecular formula is C13H13N3OS. The lowest BCUT2D eigenvalue weighted by molar-refractivity contribution is -0.117. The number of aromatic nitrogens is 2. The maximum Gasteiger partial charge on any atom is 0.229 e. The number of nitrogens with zero attached hydrogens (tertiary/aromatic N) is 2. The molecule has 2 aromatic rings. The molecule has 1 aliphatic rings. The monoisotopic (exact) mass is 259 g/mol. The van der Waals surface area contributed by atoms with Crippen LogP contribution in [-0.4, -0.2) is 16.1 Å². The van der Waals surface area contributed by atoms with Crippen LogP contribution < -0.4 is 5.32 Å². The Morgan fingerprint density at radius 3 is 2.67 bits per heavy atom. The van der Waals surface area contributed by atoms with Gasteiger partial charge in [-0.15, -0.1) is 10.2 Å². The summed E-state index contributed by atoms with van der Waals surface area (Å²) in [5.74, 6) is 0.262. The van der Waals surface area contributed by atoms with Crippen molar-refractivity contribution in [2.45, 2.75) is 19.8 Å². The van der Waals surface area contributed by atoms with Crippen LogP contribution in [0.2, 0.25) is 0 Å². The summed E-state index contributed by atoms with van der Waals surface area (Å²) in [6, 6.07) is 8.11. The van der Waals surface area contributed by atoms with Crippen molar-refractivity contribution in [3.63, 3.8) is 0 Å². The Labute approximate surface area is 109 Å². The Hall–Kier alpha value is -1.75. The summed E-state index contributed by atoms with van der Waals surface area (Å²) in [6.07, 6.45) is 1.99. The summed E-state index contributed by atoms with van der Waals surface area (Å²) < 4.78 is 0. The van der Waals surface area contributed by atoms with Crippen LogP contribution in [0, 0.1) is 12.8 Å². The molecule has 1 aliphatic carbocycles. The van der Waals surface area contributed by atoms with Crippen LogP contribution in [0.1, 0.15) is 18.4 Å². The van der Waals surface area contributed by atoms with Crippen LogP contribution in [0.5, 0.6) is 0 Å². The summed E-state index contributed by atoms with van der Waals surface area (Å²) in [7, 11) is 0. The molecule has 4 nitrogen and oxygen atoms in total. The van der Waals surface area contributed by atoms with Crippen LogP contribution in [0.3, 0.4) is 0 Å². The first-order chi connectivity index (χ1) is 8.72. The van der Waals surface area contributed by atoms with Gasteiger partial charge in [-0.05, 0) is 19.8 Å². The topological polar surface area (TPSA) is 54.9 Å². The van der Waals surface area contributed by atoms with E-state index in [-0.39, 0.29) is 11.8 Å². The number of hydrogen-bond acceptors (Lipinski definition) is 4. The van der Waals surface area contributed by atoms with Gasteiger partial charge in [0.1, 0.15) is 5.01 Å². The van der Waals surface area contributed by atoms with E-state index >= 15 is 0 Å². The van der Waals surface area contributed by atoms with Gasteiger partial charge in [0.25, 0.3) is 0 Å². The van der Waals surface area contributed by atoms with Gasteiger partial charge in [0.2, 0.25) is 11.0 Å². The second-order valence-electron chi connectivity index (χ2n) is 4.54. The highest BCUT2D eigenvalue weighted by molar-refractivity contribution is 7.18. The average Bonchev–Trinajstić information content (AvgIpc) is 3.12. The highest BCUT2D eigenvalue weighted by atomic mass is 32.1. The molecule has 0 saturated heterocycles. The summed E-state index contributed by atoms with van der Waals surface area (Å²) >= 11 is 1.41. The van der Waals surface area contributed by atoms with Gasteiger partial charge in [-0.3, -0.25) is 4.79 Å². The van der Waals surface area contributed by atoms with Crippen molar-refractivity contribution < 1.29 is 4.79 Å². The number of hydrogen-bond donors (Lipinski definition) is 1. The fourth-order valence-corrected chi connectivity index (χ4v) is 2.39. The minimum Gasteiger partial charge on any atom is -0.300 e. The van der Waals surface area contributed by atoms with Gasteiger partial charge in [0.05, 0.1) is 0 Å². The van der Waals surface area contributed by atoms with Crippen LogP contribution >= 0.6 is 11.3 Å². The first-order valence-corrected chi connectivity index (χ1v) is 6.75. The highest BCUT2D eigenvalue weighted by Gasteiger charge is 2.30. The molecule has 0 spiro atoms. The molecule has 1 aromatic heterocycles. The number of aryl methyl sites for hydroxylation is 1. The quantitative estimate of drug-likeness (QED) is 0.922. The Balaban J connectivity index is 1.76. The molecule has 0 aliphatic heterocycles. The molecule has 0 radical (unpaired) electrons. The fraction of sp³-hybridized carbons (Fsp3) is 0.308. The van der Waals surface area contributed by atoms with Gasteiger partial charge < -0.3 is 5.32 Å². The van der Waals surface area contributed by atoms with Crippen LogP contribution in [0.25, 0.3) is 10.6 Å². The van der Waals surface area contributed by atoms with E-state index in [1.807, 2.05) is 31.2 Å². The molecule has 92 valence electrons.